The van der Waals surface area contributed by atoms with E-state index in [4.69, 9.17) is 14.6 Å². The van der Waals surface area contributed by atoms with Gasteiger partial charge >= 0.3 is 5.97 Å². The molecule has 1 saturated heterocycles. The van der Waals surface area contributed by atoms with Gasteiger partial charge in [0.1, 0.15) is 5.01 Å². The van der Waals surface area contributed by atoms with Gasteiger partial charge in [0.2, 0.25) is 5.88 Å². The normalized spacial score (nSPS) is 16.9. The van der Waals surface area contributed by atoms with Crippen LogP contribution in [0, 0.1) is 0 Å². The summed E-state index contributed by atoms with van der Waals surface area (Å²) in [4.78, 5) is 15.7. The number of rotatable bonds is 5. The van der Waals surface area contributed by atoms with E-state index in [1.54, 1.807) is 23.5 Å². The van der Waals surface area contributed by atoms with Crippen LogP contribution in [0.15, 0.2) is 29.6 Å². The molecule has 1 aromatic carbocycles. The van der Waals surface area contributed by atoms with Gasteiger partial charge in [-0.15, -0.1) is 11.3 Å². The Kier molecular flexibility index (Phi) is 4.63. The number of ether oxygens (including phenoxy) is 2. The molecule has 0 spiro atoms. The molecule has 2 heterocycles. The molecule has 0 unspecified atom stereocenters. The molecule has 3 rings (SSSR count). The van der Waals surface area contributed by atoms with Crippen LogP contribution in [0.3, 0.4) is 0 Å². The molecular weight excluding hydrogens is 314 g/mol. The summed E-state index contributed by atoms with van der Waals surface area (Å²) in [5, 5.41) is 12.0. The van der Waals surface area contributed by atoms with Crippen LogP contribution in [0.25, 0.3) is 0 Å². The zero-order chi connectivity index (χ0) is 16.3. The Bertz CT molecular complexity index is 674. The molecule has 1 N–H and O–H groups in total. The molecule has 2 aromatic rings. The van der Waals surface area contributed by atoms with Crippen molar-refractivity contribution in [3.63, 3.8) is 0 Å². The van der Waals surface area contributed by atoms with Crippen LogP contribution in [0.1, 0.15) is 40.7 Å². The first kappa shape index (κ1) is 16.0. The number of benzene rings is 1. The molecule has 6 heteroatoms. The van der Waals surface area contributed by atoms with Crippen molar-refractivity contribution < 1.29 is 19.4 Å². The summed E-state index contributed by atoms with van der Waals surface area (Å²) < 4.78 is 11.0. The van der Waals surface area contributed by atoms with Gasteiger partial charge in [-0.1, -0.05) is 12.1 Å². The number of hydrogen-bond acceptors (Lipinski definition) is 5. The summed E-state index contributed by atoms with van der Waals surface area (Å²) in [6, 6.07) is 7.12. The highest BCUT2D eigenvalue weighted by molar-refractivity contribution is 7.10. The third-order valence-electron chi connectivity index (χ3n) is 4.22. The number of carboxylic acids is 1. The van der Waals surface area contributed by atoms with Crippen molar-refractivity contribution in [1.82, 2.24) is 4.98 Å². The number of hydrogen-bond donors (Lipinski definition) is 1. The number of aromatic nitrogens is 1. The van der Waals surface area contributed by atoms with E-state index < -0.39 is 5.97 Å². The second kappa shape index (κ2) is 6.68. The Balaban J connectivity index is 2.00. The fourth-order valence-electron chi connectivity index (χ4n) is 2.97. The highest BCUT2D eigenvalue weighted by Gasteiger charge is 2.39. The summed E-state index contributed by atoms with van der Waals surface area (Å²) in [5.74, 6) is -0.258. The van der Waals surface area contributed by atoms with Crippen molar-refractivity contribution in [3.05, 3.63) is 45.8 Å². The molecule has 23 heavy (non-hydrogen) atoms. The van der Waals surface area contributed by atoms with Crippen LogP contribution < -0.4 is 4.74 Å². The largest absolute Gasteiger partial charge is 0.478 e. The first-order chi connectivity index (χ1) is 11.2. The number of carbonyl (C=O) groups is 1. The van der Waals surface area contributed by atoms with Crippen LogP contribution >= 0.6 is 11.3 Å². The van der Waals surface area contributed by atoms with Crippen molar-refractivity contribution in [3.8, 4) is 5.88 Å². The minimum atomic E-state index is -0.912. The van der Waals surface area contributed by atoms with E-state index in [0.717, 1.165) is 23.4 Å². The van der Waals surface area contributed by atoms with E-state index in [1.165, 1.54) is 0 Å². The minimum Gasteiger partial charge on any atom is -0.478 e. The summed E-state index contributed by atoms with van der Waals surface area (Å²) in [5.41, 5.74) is 1.16. The van der Waals surface area contributed by atoms with E-state index in [9.17, 15) is 4.79 Å². The lowest BCUT2D eigenvalue weighted by molar-refractivity contribution is 0.0627. The SMILES string of the molecule is CCOc1csc(C2(c3ccc(C(=O)O)cc3)CCOCC2)n1. The van der Waals surface area contributed by atoms with E-state index >= 15 is 0 Å². The first-order valence-corrected chi connectivity index (χ1v) is 8.54. The highest BCUT2D eigenvalue weighted by atomic mass is 32.1. The van der Waals surface area contributed by atoms with Gasteiger partial charge in [-0.3, -0.25) is 0 Å². The van der Waals surface area contributed by atoms with E-state index in [0.29, 0.717) is 31.3 Å². The molecular formula is C17H19NO4S. The summed E-state index contributed by atoms with van der Waals surface area (Å²) in [6.45, 7) is 3.87. The van der Waals surface area contributed by atoms with Gasteiger partial charge in [-0.2, -0.15) is 0 Å². The third-order valence-corrected chi connectivity index (χ3v) is 5.24. The topological polar surface area (TPSA) is 68.7 Å². The zero-order valence-electron chi connectivity index (χ0n) is 12.9. The first-order valence-electron chi connectivity index (χ1n) is 7.66. The van der Waals surface area contributed by atoms with Gasteiger partial charge in [0.15, 0.2) is 0 Å². The van der Waals surface area contributed by atoms with Crippen LogP contribution in [-0.2, 0) is 10.2 Å². The van der Waals surface area contributed by atoms with Crippen LogP contribution in [-0.4, -0.2) is 35.9 Å². The van der Waals surface area contributed by atoms with Crippen molar-refractivity contribution in [2.75, 3.05) is 19.8 Å². The smallest absolute Gasteiger partial charge is 0.335 e. The van der Waals surface area contributed by atoms with Crippen molar-refractivity contribution in [2.45, 2.75) is 25.2 Å². The molecule has 5 nitrogen and oxygen atoms in total. The maximum Gasteiger partial charge on any atom is 0.335 e. The molecule has 1 aliphatic heterocycles. The monoisotopic (exact) mass is 333 g/mol. The van der Waals surface area contributed by atoms with Crippen molar-refractivity contribution in [1.29, 1.82) is 0 Å². The lowest BCUT2D eigenvalue weighted by Gasteiger charge is -2.36. The van der Waals surface area contributed by atoms with Crippen molar-refractivity contribution in [2.24, 2.45) is 0 Å². The third kappa shape index (κ3) is 3.09. The lowest BCUT2D eigenvalue weighted by atomic mass is 9.74. The van der Waals surface area contributed by atoms with Crippen LogP contribution in [0.4, 0.5) is 0 Å². The molecule has 0 atom stereocenters. The molecule has 0 radical (unpaired) electrons. The fourth-order valence-corrected chi connectivity index (χ4v) is 3.99. The van der Waals surface area contributed by atoms with E-state index in [-0.39, 0.29) is 5.41 Å². The van der Waals surface area contributed by atoms with Gasteiger partial charge < -0.3 is 14.6 Å². The van der Waals surface area contributed by atoms with E-state index in [2.05, 4.69) is 4.98 Å². The average molecular weight is 333 g/mol. The standard InChI is InChI=1S/C17H19NO4S/c1-2-22-14-11-23-16(18-14)17(7-9-21-10-8-17)13-5-3-12(4-6-13)15(19)20/h3-6,11H,2,7-10H2,1H3,(H,19,20). The number of carboxylic acid groups (broad SMARTS) is 1. The Labute approximate surface area is 138 Å². The quantitative estimate of drug-likeness (QED) is 0.909. The lowest BCUT2D eigenvalue weighted by Crippen LogP contribution is -2.35. The van der Waals surface area contributed by atoms with Gasteiger partial charge in [0.25, 0.3) is 0 Å². The maximum absolute atomic E-state index is 11.1. The number of thiazole rings is 1. The number of nitrogens with zero attached hydrogens (tertiary/aromatic N) is 1. The summed E-state index contributed by atoms with van der Waals surface area (Å²) >= 11 is 1.59. The minimum absolute atomic E-state index is 0.227. The Morgan fingerprint density at radius 1 is 1.35 bits per heavy atom. The van der Waals surface area contributed by atoms with E-state index in [1.807, 2.05) is 24.4 Å². The molecule has 122 valence electrons. The average Bonchev–Trinajstić information content (AvgIpc) is 3.05. The zero-order valence-corrected chi connectivity index (χ0v) is 13.8. The maximum atomic E-state index is 11.1. The van der Waals surface area contributed by atoms with Gasteiger partial charge in [0, 0.05) is 13.2 Å². The molecule has 0 saturated carbocycles. The van der Waals surface area contributed by atoms with Gasteiger partial charge in [0.05, 0.1) is 23.0 Å². The Morgan fingerprint density at radius 2 is 2.04 bits per heavy atom. The Hall–Kier alpha value is -1.92. The molecule has 1 aliphatic rings. The second-order valence-electron chi connectivity index (χ2n) is 5.50. The molecule has 1 fully saturated rings. The molecule has 0 aliphatic carbocycles. The van der Waals surface area contributed by atoms with Crippen LogP contribution in [0.2, 0.25) is 0 Å². The highest BCUT2D eigenvalue weighted by Crippen LogP contribution is 2.43. The molecule has 0 bridgehead atoms. The summed E-state index contributed by atoms with van der Waals surface area (Å²) in [6.07, 6.45) is 1.66. The molecule has 1 aromatic heterocycles. The summed E-state index contributed by atoms with van der Waals surface area (Å²) in [7, 11) is 0. The molecule has 0 amide bonds. The van der Waals surface area contributed by atoms with Crippen molar-refractivity contribution >= 4 is 17.3 Å². The van der Waals surface area contributed by atoms with Crippen LogP contribution in [0.5, 0.6) is 5.88 Å². The predicted octanol–water partition coefficient (Wildman–Crippen LogP) is 3.34. The second-order valence-corrected chi connectivity index (χ2v) is 6.36. The Morgan fingerprint density at radius 3 is 2.65 bits per heavy atom. The predicted molar refractivity (Wildman–Crippen MR) is 87.5 cm³/mol. The van der Waals surface area contributed by atoms with Gasteiger partial charge in [-0.05, 0) is 37.5 Å². The van der Waals surface area contributed by atoms with Gasteiger partial charge in [-0.25, -0.2) is 9.78 Å². The fraction of sp³-hybridized carbons (Fsp3) is 0.412. The number of aromatic carboxylic acids is 1.